The van der Waals surface area contributed by atoms with Crippen molar-refractivity contribution in [2.75, 3.05) is 31.2 Å². The lowest BCUT2D eigenvalue weighted by molar-refractivity contribution is 0.122. The molecule has 0 saturated carbocycles. The van der Waals surface area contributed by atoms with E-state index in [9.17, 15) is 4.79 Å². The van der Waals surface area contributed by atoms with E-state index < -0.39 is 0 Å². The number of rotatable bonds is 3. The van der Waals surface area contributed by atoms with Crippen LogP contribution in [0.25, 0.3) is 17.3 Å². The van der Waals surface area contributed by atoms with Crippen LogP contribution in [0.1, 0.15) is 13.3 Å². The molecule has 10 nitrogen and oxygen atoms in total. The van der Waals surface area contributed by atoms with Gasteiger partial charge in [0.25, 0.3) is 11.4 Å². The van der Waals surface area contributed by atoms with Crippen molar-refractivity contribution in [1.29, 1.82) is 0 Å². The van der Waals surface area contributed by atoms with E-state index in [1.807, 2.05) is 0 Å². The van der Waals surface area contributed by atoms with Gasteiger partial charge in [-0.25, -0.2) is 14.6 Å². The first-order valence-corrected chi connectivity index (χ1v) is 7.48. The van der Waals surface area contributed by atoms with Crippen molar-refractivity contribution in [3.05, 3.63) is 34.8 Å². The van der Waals surface area contributed by atoms with Crippen LogP contribution < -0.4 is 10.5 Å². The predicted molar refractivity (Wildman–Crippen MR) is 89.8 cm³/mol. The maximum atomic E-state index is 12.6. The Balaban J connectivity index is 0.00000182. The van der Waals surface area contributed by atoms with Crippen LogP contribution in [-0.2, 0) is 4.74 Å². The standard InChI is InChI=1S/C14H15N7O3.CH4/c1-9-18-13(24-19-9)10-7-17-21(14(10)22)12-6-11(15-8-16-12)20-2-4-23-5-3-20;/h6-8,17H,2-5H2,1H3;1H4. The van der Waals surface area contributed by atoms with Crippen molar-refractivity contribution in [2.45, 2.75) is 14.4 Å². The molecule has 0 unspecified atom stereocenters. The van der Waals surface area contributed by atoms with E-state index >= 15 is 0 Å². The minimum Gasteiger partial charge on any atom is -0.378 e. The third kappa shape index (κ3) is 3.15. The third-order valence-electron chi connectivity index (χ3n) is 3.73. The number of anilines is 1. The molecule has 0 spiro atoms. The Morgan fingerprint density at radius 1 is 1.20 bits per heavy atom. The zero-order valence-corrected chi connectivity index (χ0v) is 13.0. The minimum atomic E-state index is -0.315. The maximum Gasteiger partial charge on any atom is 0.285 e. The Morgan fingerprint density at radius 2 is 1.96 bits per heavy atom. The lowest BCUT2D eigenvalue weighted by Crippen LogP contribution is -2.36. The molecule has 1 N–H and O–H groups in total. The molecule has 1 aliphatic rings. The fourth-order valence-corrected chi connectivity index (χ4v) is 2.52. The Morgan fingerprint density at radius 3 is 2.68 bits per heavy atom. The molecule has 0 aromatic carbocycles. The summed E-state index contributed by atoms with van der Waals surface area (Å²) in [4.78, 5) is 27.2. The summed E-state index contributed by atoms with van der Waals surface area (Å²) >= 11 is 0. The smallest absolute Gasteiger partial charge is 0.285 e. The van der Waals surface area contributed by atoms with Gasteiger partial charge >= 0.3 is 0 Å². The minimum absolute atomic E-state index is 0. The number of ether oxygens (including phenoxy) is 1. The first-order chi connectivity index (χ1) is 11.7. The monoisotopic (exact) mass is 345 g/mol. The molecular formula is C15H19N7O3. The summed E-state index contributed by atoms with van der Waals surface area (Å²) in [6.07, 6.45) is 2.95. The number of hydrogen-bond donors (Lipinski definition) is 1. The molecule has 1 fully saturated rings. The van der Waals surface area contributed by atoms with Crippen molar-refractivity contribution in [3.63, 3.8) is 0 Å². The van der Waals surface area contributed by atoms with E-state index in [0.717, 1.165) is 18.9 Å². The zero-order chi connectivity index (χ0) is 16.5. The highest BCUT2D eigenvalue weighted by molar-refractivity contribution is 5.51. The van der Waals surface area contributed by atoms with Gasteiger partial charge in [0.2, 0.25) is 0 Å². The van der Waals surface area contributed by atoms with Crippen molar-refractivity contribution in [1.82, 2.24) is 29.9 Å². The molecule has 10 heteroatoms. The number of nitrogens with zero attached hydrogens (tertiary/aromatic N) is 6. The van der Waals surface area contributed by atoms with Crippen LogP contribution >= 0.6 is 0 Å². The summed E-state index contributed by atoms with van der Waals surface area (Å²) in [5, 5.41) is 6.57. The molecule has 4 rings (SSSR count). The second-order valence-corrected chi connectivity index (χ2v) is 5.31. The summed E-state index contributed by atoms with van der Waals surface area (Å²) in [6.45, 7) is 4.51. The Labute approximate surface area is 143 Å². The molecule has 1 aliphatic heterocycles. The molecule has 4 heterocycles. The van der Waals surface area contributed by atoms with Gasteiger partial charge in [-0.1, -0.05) is 12.6 Å². The lowest BCUT2D eigenvalue weighted by atomic mass is 10.3. The molecule has 0 radical (unpaired) electrons. The molecular weight excluding hydrogens is 326 g/mol. The van der Waals surface area contributed by atoms with Gasteiger partial charge in [-0.3, -0.25) is 9.89 Å². The first kappa shape index (κ1) is 16.8. The van der Waals surface area contributed by atoms with Gasteiger partial charge in [0, 0.05) is 25.4 Å². The molecule has 132 valence electrons. The lowest BCUT2D eigenvalue weighted by Gasteiger charge is -2.27. The van der Waals surface area contributed by atoms with Gasteiger partial charge in [-0.05, 0) is 6.92 Å². The Bertz CT molecular complexity index is 908. The molecule has 0 amide bonds. The topological polar surface area (TPSA) is 115 Å². The second-order valence-electron chi connectivity index (χ2n) is 5.31. The van der Waals surface area contributed by atoms with Crippen LogP contribution in [0.15, 0.2) is 27.9 Å². The van der Waals surface area contributed by atoms with Crippen LogP contribution in [0.2, 0.25) is 0 Å². The Kier molecular flexibility index (Phi) is 4.61. The van der Waals surface area contributed by atoms with Gasteiger partial charge in [0.1, 0.15) is 17.7 Å². The number of nitrogens with one attached hydrogen (secondary N) is 1. The number of morpholine rings is 1. The highest BCUT2D eigenvalue weighted by atomic mass is 16.5. The van der Waals surface area contributed by atoms with Gasteiger partial charge in [-0.2, -0.15) is 4.98 Å². The number of aryl methyl sites for hydroxylation is 1. The highest BCUT2D eigenvalue weighted by Gasteiger charge is 2.18. The van der Waals surface area contributed by atoms with Gasteiger partial charge in [0.05, 0.1) is 13.2 Å². The normalized spacial score (nSPS) is 14.4. The molecule has 0 atom stereocenters. The zero-order valence-electron chi connectivity index (χ0n) is 13.0. The molecule has 25 heavy (non-hydrogen) atoms. The van der Waals surface area contributed by atoms with Crippen LogP contribution in [0.5, 0.6) is 0 Å². The number of aromatic nitrogens is 6. The van der Waals surface area contributed by atoms with Gasteiger partial charge < -0.3 is 14.2 Å². The van der Waals surface area contributed by atoms with E-state index in [1.165, 1.54) is 17.2 Å². The van der Waals surface area contributed by atoms with Crippen molar-refractivity contribution in [2.24, 2.45) is 0 Å². The van der Waals surface area contributed by atoms with Crippen LogP contribution in [0.3, 0.4) is 0 Å². The largest absolute Gasteiger partial charge is 0.378 e. The van der Waals surface area contributed by atoms with Crippen LogP contribution in [0.4, 0.5) is 5.82 Å². The number of hydrogen-bond acceptors (Lipinski definition) is 8. The first-order valence-electron chi connectivity index (χ1n) is 7.48. The van der Waals surface area contributed by atoms with Crippen LogP contribution in [-0.4, -0.2) is 56.2 Å². The molecule has 3 aromatic heterocycles. The second kappa shape index (κ2) is 6.85. The highest BCUT2D eigenvalue weighted by Crippen LogP contribution is 2.16. The van der Waals surface area contributed by atoms with Crippen LogP contribution in [0, 0.1) is 6.92 Å². The fourth-order valence-electron chi connectivity index (χ4n) is 2.52. The van der Waals surface area contributed by atoms with Crippen molar-refractivity contribution >= 4 is 5.82 Å². The summed E-state index contributed by atoms with van der Waals surface area (Å²) in [5.41, 5.74) is -0.0209. The summed E-state index contributed by atoms with van der Waals surface area (Å²) in [6, 6.07) is 1.76. The molecule has 0 bridgehead atoms. The SMILES string of the molecule is C.Cc1noc(-c2c[nH]n(-c3cc(N4CCOCC4)ncn3)c2=O)n1. The maximum absolute atomic E-state index is 12.6. The molecule has 3 aromatic rings. The quantitative estimate of drug-likeness (QED) is 0.741. The van der Waals surface area contributed by atoms with Crippen molar-refractivity contribution in [3.8, 4) is 17.3 Å². The number of aromatic amines is 1. The summed E-state index contributed by atoms with van der Waals surface area (Å²) in [7, 11) is 0. The van der Waals surface area contributed by atoms with E-state index in [2.05, 4.69) is 30.1 Å². The van der Waals surface area contributed by atoms with Gasteiger partial charge in [0.15, 0.2) is 11.6 Å². The van der Waals surface area contributed by atoms with E-state index in [-0.39, 0.29) is 18.9 Å². The van der Waals surface area contributed by atoms with Gasteiger partial charge in [-0.15, -0.1) is 0 Å². The van der Waals surface area contributed by atoms with E-state index in [0.29, 0.717) is 30.4 Å². The van der Waals surface area contributed by atoms with E-state index in [1.54, 1.807) is 13.0 Å². The average molecular weight is 345 g/mol. The van der Waals surface area contributed by atoms with Crippen molar-refractivity contribution < 1.29 is 9.26 Å². The predicted octanol–water partition coefficient (Wildman–Crippen LogP) is 0.787. The Hall–Kier alpha value is -3.01. The summed E-state index contributed by atoms with van der Waals surface area (Å²) < 4.78 is 11.7. The average Bonchev–Trinajstić information content (AvgIpc) is 3.21. The fraction of sp³-hybridized carbons (Fsp3) is 0.400. The number of H-pyrrole nitrogens is 1. The molecule has 1 saturated heterocycles. The molecule has 0 aliphatic carbocycles. The van der Waals surface area contributed by atoms with E-state index in [4.69, 9.17) is 9.26 Å². The third-order valence-corrected chi connectivity index (χ3v) is 3.73. The summed E-state index contributed by atoms with van der Waals surface area (Å²) in [5.74, 6) is 1.84.